The van der Waals surface area contributed by atoms with Gasteiger partial charge in [0.15, 0.2) is 0 Å². The molecular weight excluding hydrogens is 570 g/mol. The Hall–Kier alpha value is -1.36. The van der Waals surface area contributed by atoms with E-state index in [1.54, 1.807) is 20.4 Å². The molecule has 0 saturated carbocycles. The van der Waals surface area contributed by atoms with Gasteiger partial charge >= 0.3 is 0 Å². The van der Waals surface area contributed by atoms with Crippen molar-refractivity contribution in [3.63, 3.8) is 0 Å². The lowest BCUT2D eigenvalue weighted by molar-refractivity contribution is -0.121. The Bertz CT molecular complexity index is 815. The van der Waals surface area contributed by atoms with Crippen LogP contribution in [0.15, 0.2) is 35.4 Å². The number of carbonyl (C=O) groups is 1. The van der Waals surface area contributed by atoms with Gasteiger partial charge in [-0.1, -0.05) is 6.07 Å². The second-order valence-corrected chi connectivity index (χ2v) is 8.28. The third kappa shape index (κ3) is 6.63. The minimum atomic E-state index is -0.0877. The number of hydrogen-bond acceptors (Lipinski definition) is 4. The van der Waals surface area contributed by atoms with Crippen molar-refractivity contribution in [1.29, 1.82) is 0 Å². The fourth-order valence-electron chi connectivity index (χ4n) is 2.60. The Morgan fingerprint density at radius 1 is 1.15 bits per heavy atom. The van der Waals surface area contributed by atoms with Gasteiger partial charge in [-0.15, -0.1) is 0 Å². The van der Waals surface area contributed by atoms with E-state index in [-0.39, 0.29) is 5.91 Å². The highest BCUT2D eigenvalue weighted by Gasteiger charge is 2.07. The quantitative estimate of drug-likeness (QED) is 0.275. The summed E-state index contributed by atoms with van der Waals surface area (Å²) >= 11 is 4.44. The van der Waals surface area contributed by atoms with Crippen molar-refractivity contribution in [2.75, 3.05) is 14.2 Å². The van der Waals surface area contributed by atoms with Gasteiger partial charge in [0, 0.05) is 6.42 Å². The highest BCUT2D eigenvalue weighted by molar-refractivity contribution is 14.1. The van der Waals surface area contributed by atoms with Gasteiger partial charge in [-0.05, 0) is 106 Å². The van der Waals surface area contributed by atoms with E-state index in [0.717, 1.165) is 37.0 Å². The molecule has 0 aliphatic rings. The molecule has 144 valence electrons. The van der Waals surface area contributed by atoms with Gasteiger partial charge < -0.3 is 9.47 Å². The Morgan fingerprint density at radius 3 is 2.44 bits per heavy atom. The van der Waals surface area contributed by atoms with Crippen LogP contribution in [0.1, 0.15) is 29.5 Å². The molecule has 1 amide bonds. The number of rotatable bonds is 8. The van der Waals surface area contributed by atoms with Gasteiger partial charge in [-0.3, -0.25) is 4.79 Å². The molecule has 0 bridgehead atoms. The summed E-state index contributed by atoms with van der Waals surface area (Å²) in [4.78, 5) is 12.0. The van der Waals surface area contributed by atoms with Crippen molar-refractivity contribution in [2.45, 2.75) is 26.2 Å². The maximum absolute atomic E-state index is 12.0. The average Bonchev–Trinajstić information content (AvgIpc) is 2.63. The lowest BCUT2D eigenvalue weighted by Crippen LogP contribution is -2.17. The summed E-state index contributed by atoms with van der Waals surface area (Å²) in [7, 11) is 3.31. The van der Waals surface area contributed by atoms with Crippen molar-refractivity contribution >= 4 is 57.3 Å². The predicted molar refractivity (Wildman–Crippen MR) is 125 cm³/mol. The Balaban J connectivity index is 1.82. The highest BCUT2D eigenvalue weighted by atomic mass is 127. The minimum Gasteiger partial charge on any atom is -0.497 e. The normalized spacial score (nSPS) is 10.9. The first-order valence-electron chi connectivity index (χ1n) is 8.43. The monoisotopic (exact) mass is 592 g/mol. The molecule has 0 aliphatic carbocycles. The van der Waals surface area contributed by atoms with E-state index < -0.39 is 0 Å². The smallest absolute Gasteiger partial charge is 0.240 e. The number of amides is 1. The summed E-state index contributed by atoms with van der Waals surface area (Å²) in [5, 5.41) is 4.06. The standard InChI is InChI=1S/C20H22I2N2O3/c1-13-9-16(26-2)8-7-15(13)5-4-6-19(25)24-23-12-14-10-17(21)20(27-3)18(22)11-14/h7-12H,4-6H2,1-3H3,(H,24,25)/b23-12-. The zero-order chi connectivity index (χ0) is 19.8. The predicted octanol–water partition coefficient (Wildman–Crippen LogP) is 4.69. The first-order valence-corrected chi connectivity index (χ1v) is 10.6. The van der Waals surface area contributed by atoms with E-state index in [2.05, 4.69) is 68.7 Å². The third-order valence-corrected chi connectivity index (χ3v) is 5.63. The van der Waals surface area contributed by atoms with Crippen molar-refractivity contribution in [1.82, 2.24) is 5.43 Å². The van der Waals surface area contributed by atoms with E-state index in [4.69, 9.17) is 9.47 Å². The second kappa shape index (κ2) is 10.8. The number of benzene rings is 2. The summed E-state index contributed by atoms with van der Waals surface area (Å²) in [5.41, 5.74) is 5.92. The van der Waals surface area contributed by atoms with Crippen LogP contribution >= 0.6 is 45.2 Å². The maximum Gasteiger partial charge on any atom is 0.240 e. The van der Waals surface area contributed by atoms with Gasteiger partial charge in [0.05, 0.1) is 27.6 Å². The van der Waals surface area contributed by atoms with Crippen LogP contribution in [-0.2, 0) is 11.2 Å². The third-order valence-electron chi connectivity index (χ3n) is 4.03. The molecule has 0 aliphatic heterocycles. The number of aryl methyl sites for hydroxylation is 2. The number of hydrogen-bond donors (Lipinski definition) is 1. The van der Waals surface area contributed by atoms with Crippen LogP contribution in [-0.4, -0.2) is 26.3 Å². The van der Waals surface area contributed by atoms with Crippen LogP contribution in [0.4, 0.5) is 0 Å². The lowest BCUT2D eigenvalue weighted by Gasteiger charge is -2.08. The fourth-order valence-corrected chi connectivity index (χ4v) is 4.86. The summed E-state index contributed by atoms with van der Waals surface area (Å²) in [6, 6.07) is 9.94. The molecule has 2 rings (SSSR count). The number of halogens is 2. The Kier molecular flexibility index (Phi) is 8.81. The number of methoxy groups -OCH3 is 2. The topological polar surface area (TPSA) is 59.9 Å². The molecular formula is C20H22I2N2O3. The van der Waals surface area contributed by atoms with Gasteiger partial charge in [0.1, 0.15) is 11.5 Å². The zero-order valence-electron chi connectivity index (χ0n) is 15.5. The molecule has 0 unspecified atom stereocenters. The number of nitrogens with zero attached hydrogens (tertiary/aromatic N) is 1. The van der Waals surface area contributed by atoms with E-state index in [1.165, 1.54) is 11.1 Å². The molecule has 2 aromatic carbocycles. The summed E-state index contributed by atoms with van der Waals surface area (Å²) in [5.74, 6) is 1.62. The van der Waals surface area contributed by atoms with Gasteiger partial charge in [0.2, 0.25) is 5.91 Å². The number of hydrazone groups is 1. The van der Waals surface area contributed by atoms with Gasteiger partial charge in [-0.2, -0.15) is 5.10 Å². The van der Waals surface area contributed by atoms with Crippen LogP contribution in [0.2, 0.25) is 0 Å². The van der Waals surface area contributed by atoms with Gasteiger partial charge in [0.25, 0.3) is 0 Å². The van der Waals surface area contributed by atoms with Crippen molar-refractivity contribution in [3.05, 3.63) is 54.2 Å². The van der Waals surface area contributed by atoms with Crippen LogP contribution in [0, 0.1) is 14.1 Å². The summed E-state index contributed by atoms with van der Waals surface area (Å²) < 4.78 is 12.6. The van der Waals surface area contributed by atoms with Crippen molar-refractivity contribution in [2.24, 2.45) is 5.10 Å². The highest BCUT2D eigenvalue weighted by Crippen LogP contribution is 2.28. The van der Waals surface area contributed by atoms with E-state index in [0.29, 0.717) is 6.42 Å². The SMILES string of the molecule is COc1ccc(CCCC(=O)N/N=C\c2cc(I)c(OC)c(I)c2)c(C)c1. The molecule has 0 aromatic heterocycles. The maximum atomic E-state index is 12.0. The molecule has 0 spiro atoms. The summed E-state index contributed by atoms with van der Waals surface area (Å²) in [6.45, 7) is 2.06. The number of nitrogens with one attached hydrogen (secondary N) is 1. The molecule has 5 nitrogen and oxygen atoms in total. The average molecular weight is 592 g/mol. The Labute approximate surface area is 187 Å². The van der Waals surface area contributed by atoms with E-state index in [9.17, 15) is 4.79 Å². The molecule has 1 N–H and O–H groups in total. The molecule has 0 atom stereocenters. The van der Waals surface area contributed by atoms with E-state index >= 15 is 0 Å². The number of carbonyl (C=O) groups excluding carboxylic acids is 1. The largest absolute Gasteiger partial charge is 0.497 e. The van der Waals surface area contributed by atoms with Crippen molar-refractivity contribution in [3.8, 4) is 11.5 Å². The molecule has 0 radical (unpaired) electrons. The van der Waals surface area contributed by atoms with E-state index in [1.807, 2.05) is 24.3 Å². The molecule has 0 heterocycles. The van der Waals surface area contributed by atoms with Crippen LogP contribution in [0.3, 0.4) is 0 Å². The fraction of sp³-hybridized carbons (Fsp3) is 0.300. The zero-order valence-corrected chi connectivity index (χ0v) is 19.8. The molecule has 27 heavy (non-hydrogen) atoms. The first kappa shape index (κ1) is 21.9. The van der Waals surface area contributed by atoms with Crippen LogP contribution in [0.5, 0.6) is 11.5 Å². The molecule has 2 aromatic rings. The first-order chi connectivity index (χ1) is 12.9. The van der Waals surface area contributed by atoms with Gasteiger partial charge in [-0.25, -0.2) is 5.43 Å². The minimum absolute atomic E-state index is 0.0877. The summed E-state index contributed by atoms with van der Waals surface area (Å²) in [6.07, 6.45) is 3.70. The molecule has 0 fully saturated rings. The second-order valence-electron chi connectivity index (χ2n) is 5.96. The van der Waals surface area contributed by atoms with Crippen LogP contribution in [0.25, 0.3) is 0 Å². The van der Waals surface area contributed by atoms with Crippen molar-refractivity contribution < 1.29 is 14.3 Å². The molecule has 0 saturated heterocycles. The molecule has 7 heteroatoms. The lowest BCUT2D eigenvalue weighted by atomic mass is 10.0. The Morgan fingerprint density at radius 2 is 1.85 bits per heavy atom. The van der Waals surface area contributed by atoms with Crippen LogP contribution < -0.4 is 14.9 Å². The number of ether oxygens (including phenoxy) is 2.